The number of amides is 1. The van der Waals surface area contributed by atoms with Gasteiger partial charge in [-0.1, -0.05) is 29.5 Å². The number of aryl methyl sites for hydroxylation is 1. The van der Waals surface area contributed by atoms with Gasteiger partial charge in [0.1, 0.15) is 11.6 Å². The molecule has 1 heterocycles. The monoisotopic (exact) mass is 459 g/mol. The second-order valence-corrected chi connectivity index (χ2v) is 9.36. The van der Waals surface area contributed by atoms with Gasteiger partial charge >= 0.3 is 0 Å². The van der Waals surface area contributed by atoms with Gasteiger partial charge in [0.05, 0.1) is 20.8 Å². The normalized spacial score (nSPS) is 11.5. The summed E-state index contributed by atoms with van der Waals surface area (Å²) in [5.74, 6) is -1.70. The number of carbonyl (C=O) groups excluding carboxylic acids is 1. The number of nitrogens with one attached hydrogen (secondary N) is 2. The van der Waals surface area contributed by atoms with Crippen molar-refractivity contribution < 1.29 is 22.0 Å². The van der Waals surface area contributed by atoms with Gasteiger partial charge in [-0.25, -0.2) is 22.2 Å². The molecular formula is C21H15F2N3O3S2. The van der Waals surface area contributed by atoms with E-state index in [9.17, 15) is 22.0 Å². The topological polar surface area (TPSA) is 88.2 Å². The average Bonchev–Trinajstić information content (AvgIpc) is 3.11. The molecule has 4 aromatic rings. The molecular weight excluding hydrogens is 444 g/mol. The van der Waals surface area contributed by atoms with E-state index < -0.39 is 27.6 Å². The van der Waals surface area contributed by atoms with E-state index in [1.54, 1.807) is 6.92 Å². The first kappa shape index (κ1) is 20.9. The zero-order chi connectivity index (χ0) is 22.2. The van der Waals surface area contributed by atoms with Gasteiger partial charge in [-0.3, -0.25) is 14.8 Å². The molecule has 0 bridgehead atoms. The van der Waals surface area contributed by atoms with E-state index >= 15 is 0 Å². The highest BCUT2D eigenvalue weighted by atomic mass is 32.2. The molecule has 0 atom stereocenters. The van der Waals surface area contributed by atoms with E-state index in [1.807, 2.05) is 0 Å². The maximum atomic E-state index is 13.8. The fourth-order valence-corrected chi connectivity index (χ4v) is 4.86. The van der Waals surface area contributed by atoms with E-state index in [0.717, 1.165) is 17.4 Å². The Hall–Kier alpha value is -3.37. The number of hydrogen-bond acceptors (Lipinski definition) is 5. The van der Waals surface area contributed by atoms with Crippen LogP contribution in [0, 0.1) is 18.6 Å². The predicted molar refractivity (Wildman–Crippen MR) is 116 cm³/mol. The minimum Gasteiger partial charge on any atom is -0.298 e. The van der Waals surface area contributed by atoms with Crippen LogP contribution in [0.2, 0.25) is 0 Å². The zero-order valence-corrected chi connectivity index (χ0v) is 17.7. The summed E-state index contributed by atoms with van der Waals surface area (Å²) in [6.45, 7) is 1.66. The number of halogens is 2. The summed E-state index contributed by atoms with van der Waals surface area (Å²) < 4.78 is 55.3. The van der Waals surface area contributed by atoms with Crippen LogP contribution in [0.15, 0.2) is 65.6 Å². The van der Waals surface area contributed by atoms with Crippen molar-refractivity contribution in [2.75, 3.05) is 10.0 Å². The zero-order valence-electron chi connectivity index (χ0n) is 16.0. The first-order valence-electron chi connectivity index (χ1n) is 8.98. The van der Waals surface area contributed by atoms with Crippen molar-refractivity contribution in [3.8, 4) is 0 Å². The highest BCUT2D eigenvalue weighted by Crippen LogP contribution is 2.27. The number of hydrogen-bond donors (Lipinski definition) is 2. The van der Waals surface area contributed by atoms with Gasteiger partial charge in [0.2, 0.25) is 0 Å². The number of carbonyl (C=O) groups is 1. The number of sulfonamides is 1. The van der Waals surface area contributed by atoms with Crippen LogP contribution in [0.1, 0.15) is 15.9 Å². The number of rotatable bonds is 5. The van der Waals surface area contributed by atoms with Crippen LogP contribution in [-0.4, -0.2) is 19.3 Å². The Morgan fingerprint density at radius 3 is 2.58 bits per heavy atom. The smallest absolute Gasteiger partial charge is 0.262 e. The van der Waals surface area contributed by atoms with Gasteiger partial charge in [-0.05, 0) is 55.0 Å². The molecule has 0 saturated carbocycles. The Morgan fingerprint density at radius 1 is 1.03 bits per heavy atom. The predicted octanol–water partition coefficient (Wildman–Crippen LogP) is 4.94. The second-order valence-electron chi connectivity index (χ2n) is 6.65. The van der Waals surface area contributed by atoms with E-state index in [4.69, 9.17) is 0 Å². The quantitative estimate of drug-likeness (QED) is 0.443. The molecule has 0 aliphatic rings. The van der Waals surface area contributed by atoms with Gasteiger partial charge < -0.3 is 0 Å². The lowest BCUT2D eigenvalue weighted by Crippen LogP contribution is -2.17. The van der Waals surface area contributed by atoms with Gasteiger partial charge in [0.25, 0.3) is 15.9 Å². The molecule has 0 radical (unpaired) electrons. The second kappa shape index (κ2) is 8.05. The van der Waals surface area contributed by atoms with Gasteiger partial charge in [-0.15, -0.1) is 0 Å². The molecule has 2 N–H and O–H groups in total. The van der Waals surface area contributed by atoms with Crippen molar-refractivity contribution in [3.63, 3.8) is 0 Å². The molecule has 0 unspecified atom stereocenters. The molecule has 0 spiro atoms. The number of benzene rings is 3. The number of aromatic nitrogens is 1. The van der Waals surface area contributed by atoms with E-state index in [2.05, 4.69) is 15.0 Å². The molecule has 1 aromatic heterocycles. The van der Waals surface area contributed by atoms with Crippen LogP contribution >= 0.6 is 11.3 Å². The van der Waals surface area contributed by atoms with Crippen LogP contribution < -0.4 is 10.0 Å². The van der Waals surface area contributed by atoms with Crippen LogP contribution in [0.4, 0.5) is 19.6 Å². The number of fused-ring (bicyclic) bond motifs is 1. The number of nitrogens with zero attached hydrogens (tertiary/aromatic N) is 1. The minimum absolute atomic E-state index is 0.113. The molecule has 1 amide bonds. The van der Waals surface area contributed by atoms with Crippen molar-refractivity contribution in [2.24, 2.45) is 0 Å². The molecule has 3 aromatic carbocycles. The minimum atomic E-state index is -4.13. The third-order valence-electron chi connectivity index (χ3n) is 4.45. The van der Waals surface area contributed by atoms with Crippen molar-refractivity contribution in [1.29, 1.82) is 0 Å². The molecule has 6 nitrogen and oxygen atoms in total. The fourth-order valence-electron chi connectivity index (χ4n) is 2.88. The average molecular weight is 459 g/mol. The fraction of sp³-hybridized carbons (Fsp3) is 0.0476. The highest BCUT2D eigenvalue weighted by Gasteiger charge is 2.20. The Kier molecular flexibility index (Phi) is 5.42. The summed E-state index contributed by atoms with van der Waals surface area (Å²) >= 11 is 1.10. The summed E-state index contributed by atoms with van der Waals surface area (Å²) in [6, 6.07) is 13.5. The molecule has 4 rings (SSSR count). The summed E-state index contributed by atoms with van der Waals surface area (Å²) in [5, 5.41) is 2.87. The Labute approximate surface area is 180 Å². The molecule has 0 aliphatic carbocycles. The highest BCUT2D eigenvalue weighted by molar-refractivity contribution is 7.92. The lowest BCUT2D eigenvalue weighted by molar-refractivity contribution is 0.102. The third kappa shape index (κ3) is 4.39. The van der Waals surface area contributed by atoms with Crippen molar-refractivity contribution >= 4 is 48.3 Å². The van der Waals surface area contributed by atoms with Crippen LogP contribution in [0.25, 0.3) is 10.2 Å². The largest absolute Gasteiger partial charge is 0.298 e. The van der Waals surface area contributed by atoms with Crippen LogP contribution in [0.3, 0.4) is 0 Å². The standard InChI is InChI=1S/C21H15F2N3O3S2/c1-12-6-8-14(31(28,29)26-17-5-3-2-4-16(17)23)11-15(12)20(27)25-21-24-18-9-7-13(22)10-19(18)30-21/h2-11,26H,1H3,(H,24,25,27). The number of thiazole rings is 1. The molecule has 0 aliphatic heterocycles. The first-order valence-corrected chi connectivity index (χ1v) is 11.3. The van der Waals surface area contributed by atoms with Crippen molar-refractivity contribution in [2.45, 2.75) is 11.8 Å². The van der Waals surface area contributed by atoms with Gasteiger partial charge in [0.15, 0.2) is 5.13 Å². The van der Waals surface area contributed by atoms with E-state index in [1.165, 1.54) is 54.6 Å². The maximum Gasteiger partial charge on any atom is 0.262 e. The van der Waals surface area contributed by atoms with Crippen LogP contribution in [0.5, 0.6) is 0 Å². The van der Waals surface area contributed by atoms with Gasteiger partial charge in [-0.2, -0.15) is 0 Å². The first-order chi connectivity index (χ1) is 14.7. The third-order valence-corrected chi connectivity index (χ3v) is 6.75. The Morgan fingerprint density at radius 2 is 1.81 bits per heavy atom. The van der Waals surface area contributed by atoms with Crippen molar-refractivity contribution in [3.05, 3.63) is 83.4 Å². The van der Waals surface area contributed by atoms with Gasteiger partial charge in [0, 0.05) is 5.56 Å². The summed E-state index contributed by atoms with van der Waals surface area (Å²) in [7, 11) is -4.13. The Balaban J connectivity index is 1.62. The number of para-hydroxylation sites is 1. The van der Waals surface area contributed by atoms with E-state index in [-0.39, 0.29) is 21.3 Å². The lowest BCUT2D eigenvalue weighted by atomic mass is 10.1. The summed E-state index contributed by atoms with van der Waals surface area (Å²) in [5.41, 5.74) is 0.982. The molecule has 0 fully saturated rings. The van der Waals surface area contributed by atoms with E-state index in [0.29, 0.717) is 15.8 Å². The summed E-state index contributed by atoms with van der Waals surface area (Å²) in [4.78, 5) is 16.8. The molecule has 158 valence electrons. The lowest BCUT2D eigenvalue weighted by Gasteiger charge is -2.11. The maximum absolute atomic E-state index is 13.8. The molecule has 0 saturated heterocycles. The number of anilines is 2. The molecule has 31 heavy (non-hydrogen) atoms. The Bertz CT molecular complexity index is 1420. The van der Waals surface area contributed by atoms with Crippen molar-refractivity contribution in [1.82, 2.24) is 4.98 Å². The SMILES string of the molecule is Cc1ccc(S(=O)(=O)Nc2ccccc2F)cc1C(=O)Nc1nc2ccc(F)cc2s1. The van der Waals surface area contributed by atoms with Crippen LogP contribution in [-0.2, 0) is 10.0 Å². The molecule has 10 heteroatoms. The summed E-state index contributed by atoms with van der Waals surface area (Å²) in [6.07, 6.45) is 0.